The van der Waals surface area contributed by atoms with Gasteiger partial charge in [0.2, 0.25) is 0 Å². The monoisotopic (exact) mass is 227 g/mol. The maximum absolute atomic E-state index is 11.3. The van der Waals surface area contributed by atoms with Gasteiger partial charge in [0.05, 0.1) is 6.54 Å². The Hall–Kier alpha value is -0.150. The van der Waals surface area contributed by atoms with Crippen LogP contribution >= 0.6 is 23.2 Å². The number of carbonyl (C=O) groups is 1. The maximum atomic E-state index is 11.3. The smallest absolute Gasteiger partial charge is 0.410 e. The Morgan fingerprint density at radius 2 is 1.92 bits per heavy atom. The van der Waals surface area contributed by atoms with Gasteiger partial charge < -0.3 is 9.64 Å². The molecule has 0 saturated carbocycles. The Balaban J connectivity index is 3.97. The van der Waals surface area contributed by atoms with Crippen molar-refractivity contribution in [1.29, 1.82) is 0 Å². The highest BCUT2D eigenvalue weighted by Gasteiger charge is 2.20. The van der Waals surface area contributed by atoms with E-state index in [0.29, 0.717) is 0 Å². The molecule has 0 heterocycles. The van der Waals surface area contributed by atoms with Crippen LogP contribution in [-0.2, 0) is 4.74 Å². The summed E-state index contributed by atoms with van der Waals surface area (Å²) in [6.07, 6.45) is -0.418. The normalized spacial score (nSPS) is 11.6. The fourth-order valence-corrected chi connectivity index (χ4v) is 1.04. The molecular formula is C8H15Cl2NO2. The van der Waals surface area contributed by atoms with Gasteiger partial charge in [-0.2, -0.15) is 0 Å². The summed E-state index contributed by atoms with van der Waals surface area (Å²) in [4.78, 5) is 12.0. The first-order valence-corrected chi connectivity index (χ1v) is 4.82. The van der Waals surface area contributed by atoms with Gasteiger partial charge in [0.15, 0.2) is 0 Å². The number of hydrogen-bond donors (Lipinski definition) is 0. The van der Waals surface area contributed by atoms with E-state index in [0.717, 1.165) is 0 Å². The van der Waals surface area contributed by atoms with Gasteiger partial charge in [-0.3, -0.25) is 0 Å². The van der Waals surface area contributed by atoms with Gasteiger partial charge >= 0.3 is 6.09 Å². The number of alkyl halides is 2. The third-order valence-corrected chi connectivity index (χ3v) is 1.39. The topological polar surface area (TPSA) is 29.5 Å². The van der Waals surface area contributed by atoms with Crippen LogP contribution < -0.4 is 0 Å². The Kier molecular flexibility index (Phi) is 4.86. The fourth-order valence-electron chi connectivity index (χ4n) is 0.621. The fraction of sp³-hybridized carbons (Fsp3) is 0.875. The molecular weight excluding hydrogens is 213 g/mol. The van der Waals surface area contributed by atoms with Crippen molar-refractivity contribution in [2.24, 2.45) is 0 Å². The zero-order valence-corrected chi connectivity index (χ0v) is 9.82. The molecule has 0 fully saturated rings. The van der Waals surface area contributed by atoms with Crippen molar-refractivity contribution >= 4 is 29.3 Å². The molecule has 3 nitrogen and oxygen atoms in total. The zero-order valence-electron chi connectivity index (χ0n) is 8.30. The summed E-state index contributed by atoms with van der Waals surface area (Å²) in [5.41, 5.74) is -0.487. The average molecular weight is 228 g/mol. The quantitative estimate of drug-likeness (QED) is 0.680. The molecule has 0 aromatic heterocycles. The second kappa shape index (κ2) is 4.91. The van der Waals surface area contributed by atoms with Crippen LogP contribution in [0, 0.1) is 0 Å². The summed E-state index contributed by atoms with van der Waals surface area (Å²) >= 11 is 11.0. The van der Waals surface area contributed by atoms with Crippen LogP contribution in [0.5, 0.6) is 0 Å². The van der Waals surface area contributed by atoms with Crippen molar-refractivity contribution in [2.45, 2.75) is 31.2 Å². The first-order chi connectivity index (χ1) is 5.72. The standard InChI is InChI=1S/C8H15Cl2NO2/c1-8(2,3)13-7(12)11(4)5-6(9)10/h6H,5H2,1-4H3. The molecule has 0 radical (unpaired) electrons. The second-order valence-corrected chi connectivity index (χ2v) is 5.03. The van der Waals surface area contributed by atoms with Crippen LogP contribution in [0.4, 0.5) is 4.79 Å². The van der Waals surface area contributed by atoms with E-state index in [4.69, 9.17) is 27.9 Å². The van der Waals surface area contributed by atoms with Gasteiger partial charge in [-0.05, 0) is 20.8 Å². The molecule has 0 aromatic carbocycles. The molecule has 0 aliphatic carbocycles. The summed E-state index contributed by atoms with van der Waals surface area (Å²) in [5.74, 6) is 0. The highest BCUT2D eigenvalue weighted by molar-refractivity contribution is 6.44. The molecule has 0 unspecified atom stereocenters. The van der Waals surface area contributed by atoms with E-state index in [-0.39, 0.29) is 6.54 Å². The van der Waals surface area contributed by atoms with Crippen LogP contribution in [-0.4, -0.2) is 35.0 Å². The van der Waals surface area contributed by atoms with Crippen molar-refractivity contribution in [3.8, 4) is 0 Å². The predicted molar refractivity (Wildman–Crippen MR) is 54.4 cm³/mol. The molecule has 0 rings (SSSR count). The third-order valence-electron chi connectivity index (χ3n) is 1.12. The highest BCUT2D eigenvalue weighted by atomic mass is 35.5. The summed E-state index contributed by atoms with van der Waals surface area (Å²) in [6.45, 7) is 5.67. The maximum Gasteiger partial charge on any atom is 0.410 e. The van der Waals surface area contributed by atoms with Crippen LogP contribution in [0.25, 0.3) is 0 Å². The van der Waals surface area contributed by atoms with E-state index in [1.165, 1.54) is 4.90 Å². The molecule has 0 spiro atoms. The van der Waals surface area contributed by atoms with Crippen molar-refractivity contribution in [1.82, 2.24) is 4.90 Å². The van der Waals surface area contributed by atoms with E-state index in [2.05, 4.69) is 0 Å². The van der Waals surface area contributed by atoms with Crippen LogP contribution in [0.1, 0.15) is 20.8 Å². The van der Waals surface area contributed by atoms with Gasteiger partial charge in [0.25, 0.3) is 0 Å². The van der Waals surface area contributed by atoms with Crippen molar-refractivity contribution in [3.63, 3.8) is 0 Å². The summed E-state index contributed by atoms with van der Waals surface area (Å²) in [7, 11) is 1.59. The number of carbonyl (C=O) groups excluding carboxylic acids is 1. The Morgan fingerprint density at radius 3 is 2.23 bits per heavy atom. The molecule has 0 atom stereocenters. The van der Waals surface area contributed by atoms with Crippen molar-refractivity contribution in [2.75, 3.05) is 13.6 Å². The molecule has 0 aromatic rings. The summed E-state index contributed by atoms with van der Waals surface area (Å²) < 4.78 is 5.07. The molecule has 0 aliphatic heterocycles. The van der Waals surface area contributed by atoms with E-state index < -0.39 is 16.5 Å². The molecule has 0 saturated heterocycles. The van der Waals surface area contributed by atoms with Gasteiger partial charge in [-0.25, -0.2) is 4.79 Å². The Labute approximate surface area is 88.9 Å². The lowest BCUT2D eigenvalue weighted by molar-refractivity contribution is 0.0305. The van der Waals surface area contributed by atoms with Gasteiger partial charge in [0, 0.05) is 7.05 Å². The Bertz CT molecular complexity index is 177. The van der Waals surface area contributed by atoms with Gasteiger partial charge in [-0.15, -0.1) is 23.2 Å². The predicted octanol–water partition coefficient (Wildman–Crippen LogP) is 2.66. The zero-order chi connectivity index (χ0) is 10.6. The first kappa shape index (κ1) is 12.8. The number of ether oxygens (including phenoxy) is 1. The molecule has 5 heteroatoms. The lowest BCUT2D eigenvalue weighted by Crippen LogP contribution is -2.36. The second-order valence-electron chi connectivity index (χ2n) is 3.75. The number of nitrogens with zero attached hydrogens (tertiary/aromatic N) is 1. The largest absolute Gasteiger partial charge is 0.444 e. The minimum absolute atomic E-state index is 0.262. The third kappa shape index (κ3) is 6.96. The van der Waals surface area contributed by atoms with E-state index in [9.17, 15) is 4.79 Å². The molecule has 1 amide bonds. The van der Waals surface area contributed by atoms with Crippen LogP contribution in [0.15, 0.2) is 0 Å². The van der Waals surface area contributed by atoms with Crippen LogP contribution in [0.3, 0.4) is 0 Å². The van der Waals surface area contributed by atoms with Gasteiger partial charge in [0.1, 0.15) is 10.4 Å². The Morgan fingerprint density at radius 1 is 1.46 bits per heavy atom. The molecule has 0 aliphatic rings. The lowest BCUT2D eigenvalue weighted by Gasteiger charge is -2.24. The summed E-state index contributed by atoms with van der Waals surface area (Å²) in [6, 6.07) is 0. The first-order valence-electron chi connectivity index (χ1n) is 3.94. The number of rotatable bonds is 2. The minimum atomic E-state index is -0.586. The molecule has 13 heavy (non-hydrogen) atoms. The van der Waals surface area contributed by atoms with E-state index in [1.54, 1.807) is 27.8 Å². The summed E-state index contributed by atoms with van der Waals surface area (Å²) in [5, 5.41) is 0. The van der Waals surface area contributed by atoms with E-state index >= 15 is 0 Å². The number of halogens is 2. The highest BCUT2D eigenvalue weighted by Crippen LogP contribution is 2.10. The molecule has 0 N–H and O–H groups in total. The minimum Gasteiger partial charge on any atom is -0.444 e. The average Bonchev–Trinajstić information content (AvgIpc) is 1.81. The van der Waals surface area contributed by atoms with Crippen molar-refractivity contribution < 1.29 is 9.53 Å². The lowest BCUT2D eigenvalue weighted by atomic mass is 10.2. The SMILES string of the molecule is CN(CC(Cl)Cl)C(=O)OC(C)(C)C. The number of hydrogen-bond acceptors (Lipinski definition) is 2. The van der Waals surface area contributed by atoms with Crippen LogP contribution in [0.2, 0.25) is 0 Å². The van der Waals surface area contributed by atoms with E-state index in [1.807, 2.05) is 0 Å². The van der Waals surface area contributed by atoms with Crippen molar-refractivity contribution in [3.05, 3.63) is 0 Å². The van der Waals surface area contributed by atoms with Gasteiger partial charge in [-0.1, -0.05) is 0 Å². The molecule has 78 valence electrons. The number of amides is 1. The molecule has 0 bridgehead atoms.